The zero-order valence-electron chi connectivity index (χ0n) is 21.4. The second-order valence-electron chi connectivity index (χ2n) is 9.04. The van der Waals surface area contributed by atoms with E-state index in [4.69, 9.17) is 4.74 Å². The first-order valence-electron chi connectivity index (χ1n) is 12.8. The van der Waals surface area contributed by atoms with Crippen LogP contribution in [0.1, 0.15) is 63.5 Å². The van der Waals surface area contributed by atoms with Crippen LogP contribution >= 0.6 is 0 Å². The summed E-state index contributed by atoms with van der Waals surface area (Å²) in [6.07, 6.45) is 15.6. The van der Waals surface area contributed by atoms with Gasteiger partial charge in [-0.05, 0) is 44.6 Å². The van der Waals surface area contributed by atoms with Crippen molar-refractivity contribution < 1.29 is 13.5 Å². The first kappa shape index (κ1) is 27.4. The molecule has 0 amide bonds. The number of hydrogen-bond acceptors (Lipinski definition) is 3. The first-order valence-corrected chi connectivity index (χ1v) is 12.8. The van der Waals surface area contributed by atoms with E-state index < -0.39 is 11.6 Å². The van der Waals surface area contributed by atoms with Gasteiger partial charge in [-0.2, -0.15) is 0 Å². The van der Waals surface area contributed by atoms with Crippen molar-refractivity contribution in [2.75, 3.05) is 6.61 Å². The number of rotatable bonds is 14. The van der Waals surface area contributed by atoms with Crippen LogP contribution in [0.5, 0.6) is 0 Å². The second kappa shape index (κ2) is 14.4. The summed E-state index contributed by atoms with van der Waals surface area (Å²) in [5.74, 6) is -1.22. The monoisotopic (exact) mass is 490 g/mol. The molecule has 190 valence electrons. The molecule has 1 unspecified atom stereocenters. The van der Waals surface area contributed by atoms with Crippen molar-refractivity contribution in [1.29, 1.82) is 0 Å². The highest BCUT2D eigenvalue weighted by atomic mass is 19.2. The average Bonchev–Trinajstić information content (AvgIpc) is 2.90. The van der Waals surface area contributed by atoms with Crippen molar-refractivity contribution in [2.24, 2.45) is 0 Å². The largest absolute Gasteiger partial charge is 0.379 e. The summed E-state index contributed by atoms with van der Waals surface area (Å²) in [6, 6.07) is 11.0. The molecule has 1 aromatic heterocycles. The summed E-state index contributed by atoms with van der Waals surface area (Å²) in [5.41, 5.74) is 2.82. The lowest BCUT2D eigenvalue weighted by atomic mass is 10.0. The Labute approximate surface area is 214 Å². The van der Waals surface area contributed by atoms with Crippen molar-refractivity contribution in [3.05, 3.63) is 90.3 Å². The Morgan fingerprint density at radius 1 is 0.944 bits per heavy atom. The van der Waals surface area contributed by atoms with E-state index in [-0.39, 0.29) is 17.2 Å². The zero-order valence-corrected chi connectivity index (χ0v) is 21.4. The van der Waals surface area contributed by atoms with Crippen LogP contribution in [0.4, 0.5) is 8.78 Å². The number of nitrogens with zero attached hydrogens (tertiary/aromatic N) is 2. The Kier molecular flexibility index (Phi) is 11.0. The molecule has 1 atom stereocenters. The van der Waals surface area contributed by atoms with Crippen molar-refractivity contribution in [1.82, 2.24) is 9.97 Å². The van der Waals surface area contributed by atoms with E-state index in [1.807, 2.05) is 36.4 Å². The maximum Gasteiger partial charge on any atom is 0.167 e. The molecule has 5 heteroatoms. The van der Waals surface area contributed by atoms with Gasteiger partial charge in [0.25, 0.3) is 0 Å². The highest BCUT2D eigenvalue weighted by Gasteiger charge is 2.14. The average molecular weight is 491 g/mol. The molecular formula is C31H36F2N2O. The Bertz CT molecular complexity index is 1120. The molecule has 2 aromatic carbocycles. The minimum Gasteiger partial charge on any atom is -0.379 e. The van der Waals surface area contributed by atoms with Crippen LogP contribution in [0.15, 0.2) is 67.5 Å². The predicted molar refractivity (Wildman–Crippen MR) is 145 cm³/mol. The molecule has 36 heavy (non-hydrogen) atoms. The Morgan fingerprint density at radius 2 is 1.69 bits per heavy atom. The number of halogens is 2. The minimum atomic E-state index is -0.892. The van der Waals surface area contributed by atoms with E-state index in [0.717, 1.165) is 49.8 Å². The van der Waals surface area contributed by atoms with Crippen LogP contribution in [0, 0.1) is 11.6 Å². The summed E-state index contributed by atoms with van der Waals surface area (Å²) >= 11 is 0. The molecule has 0 saturated heterocycles. The number of aromatic nitrogens is 2. The third-order valence-electron chi connectivity index (χ3n) is 6.10. The molecule has 3 rings (SSSR count). The van der Waals surface area contributed by atoms with Gasteiger partial charge in [0.2, 0.25) is 0 Å². The third-order valence-corrected chi connectivity index (χ3v) is 6.10. The van der Waals surface area contributed by atoms with Crippen LogP contribution in [0.25, 0.3) is 28.6 Å². The zero-order chi connectivity index (χ0) is 25.8. The molecule has 0 bridgehead atoms. The topological polar surface area (TPSA) is 35.0 Å². The maximum atomic E-state index is 14.9. The lowest BCUT2D eigenvalue weighted by Crippen LogP contribution is -2.08. The summed E-state index contributed by atoms with van der Waals surface area (Å²) < 4.78 is 35.4. The molecule has 0 spiro atoms. The highest BCUT2D eigenvalue weighted by Crippen LogP contribution is 2.27. The summed E-state index contributed by atoms with van der Waals surface area (Å²) in [5, 5.41) is 0. The van der Waals surface area contributed by atoms with E-state index in [2.05, 4.69) is 30.4 Å². The van der Waals surface area contributed by atoms with E-state index in [1.165, 1.54) is 25.2 Å². The van der Waals surface area contributed by atoms with Crippen molar-refractivity contribution in [3.63, 3.8) is 0 Å². The van der Waals surface area contributed by atoms with E-state index in [0.29, 0.717) is 11.4 Å². The fourth-order valence-corrected chi connectivity index (χ4v) is 3.94. The fourth-order valence-electron chi connectivity index (χ4n) is 3.94. The van der Waals surface area contributed by atoms with E-state index in [1.54, 1.807) is 18.2 Å². The van der Waals surface area contributed by atoms with Crippen molar-refractivity contribution >= 4 is 6.08 Å². The quantitative estimate of drug-likeness (QED) is 0.168. The van der Waals surface area contributed by atoms with E-state index >= 15 is 0 Å². The van der Waals surface area contributed by atoms with Crippen molar-refractivity contribution in [2.45, 2.75) is 64.9 Å². The number of unbranched alkanes of at least 4 members (excludes halogenated alkanes) is 3. The molecule has 0 saturated carbocycles. The van der Waals surface area contributed by atoms with Gasteiger partial charge in [0.05, 0.1) is 6.10 Å². The van der Waals surface area contributed by atoms with Crippen LogP contribution in [0.2, 0.25) is 0 Å². The van der Waals surface area contributed by atoms with Crippen molar-refractivity contribution in [3.8, 4) is 22.5 Å². The maximum absolute atomic E-state index is 14.9. The predicted octanol–water partition coefficient (Wildman–Crippen LogP) is 8.60. The number of hydrogen-bond donors (Lipinski definition) is 0. The van der Waals surface area contributed by atoms with Crippen LogP contribution in [0.3, 0.4) is 0 Å². The van der Waals surface area contributed by atoms with Gasteiger partial charge >= 0.3 is 0 Å². The Hall–Kier alpha value is -3.18. The molecular weight excluding hydrogens is 454 g/mol. The van der Waals surface area contributed by atoms with E-state index in [9.17, 15) is 8.78 Å². The molecule has 0 aliphatic carbocycles. The van der Waals surface area contributed by atoms with Gasteiger partial charge in [-0.1, -0.05) is 74.4 Å². The second-order valence-corrected chi connectivity index (χ2v) is 9.04. The summed E-state index contributed by atoms with van der Waals surface area (Å²) in [4.78, 5) is 8.72. The molecule has 3 nitrogen and oxygen atoms in total. The van der Waals surface area contributed by atoms with Gasteiger partial charge in [0, 0.05) is 41.3 Å². The van der Waals surface area contributed by atoms with Gasteiger partial charge in [-0.25, -0.2) is 18.7 Å². The molecule has 0 aliphatic heterocycles. The number of benzene rings is 2. The van der Waals surface area contributed by atoms with Gasteiger partial charge in [-0.3, -0.25) is 0 Å². The highest BCUT2D eigenvalue weighted by molar-refractivity contribution is 5.67. The number of ether oxygens (including phenoxy) is 1. The summed E-state index contributed by atoms with van der Waals surface area (Å²) in [6.45, 7) is 8.81. The van der Waals surface area contributed by atoms with Gasteiger partial charge < -0.3 is 4.74 Å². The van der Waals surface area contributed by atoms with Crippen LogP contribution in [-0.2, 0) is 11.2 Å². The molecule has 0 N–H and O–H groups in total. The smallest absolute Gasteiger partial charge is 0.167 e. The first-order chi connectivity index (χ1) is 17.5. The Morgan fingerprint density at radius 3 is 2.39 bits per heavy atom. The SMILES string of the molecule is C=CCc1ccc(-c2ncc(-c3ccc(C=CCCCC(C)OCCCCC)c(F)c3F)cn2)cc1. The normalized spacial score (nSPS) is 12.2. The molecule has 0 radical (unpaired) electrons. The van der Waals surface area contributed by atoms with Crippen LogP contribution < -0.4 is 0 Å². The number of allylic oxidation sites excluding steroid dienone is 2. The van der Waals surface area contributed by atoms with Gasteiger partial charge in [-0.15, -0.1) is 6.58 Å². The Balaban J connectivity index is 1.57. The third kappa shape index (κ3) is 7.92. The lowest BCUT2D eigenvalue weighted by Gasteiger charge is -2.12. The van der Waals surface area contributed by atoms with Gasteiger partial charge in [0.15, 0.2) is 17.5 Å². The molecule has 0 fully saturated rings. The molecule has 1 heterocycles. The van der Waals surface area contributed by atoms with Gasteiger partial charge in [0.1, 0.15) is 0 Å². The minimum absolute atomic E-state index is 0.145. The van der Waals surface area contributed by atoms with Crippen LogP contribution in [-0.4, -0.2) is 22.7 Å². The summed E-state index contributed by atoms with van der Waals surface area (Å²) in [7, 11) is 0. The fraction of sp³-hybridized carbons (Fsp3) is 0.355. The standard InChI is InChI=1S/C31H36F2N2O/c1-4-6-10-20-36-23(3)12-8-7-9-13-25-18-19-28(30(33)29(25)32)27-21-34-31(35-22-27)26-16-14-24(11-5-2)15-17-26/h5,9,13-19,21-23H,2,4,6-8,10-12,20H2,1,3H3. The lowest BCUT2D eigenvalue weighted by molar-refractivity contribution is 0.0566. The molecule has 0 aliphatic rings. The molecule has 3 aromatic rings.